The van der Waals surface area contributed by atoms with Gasteiger partial charge in [0, 0.05) is 25.5 Å². The van der Waals surface area contributed by atoms with Crippen molar-refractivity contribution < 1.29 is 0 Å². The predicted octanol–water partition coefficient (Wildman–Crippen LogP) is 2.17. The van der Waals surface area contributed by atoms with Crippen molar-refractivity contribution in [3.63, 3.8) is 0 Å². The molecule has 0 radical (unpaired) electrons. The van der Waals surface area contributed by atoms with Gasteiger partial charge in [0.15, 0.2) is 0 Å². The van der Waals surface area contributed by atoms with Crippen molar-refractivity contribution in [3.05, 3.63) is 18.0 Å². The highest BCUT2D eigenvalue weighted by Gasteiger charge is 2.11. The van der Waals surface area contributed by atoms with Gasteiger partial charge >= 0.3 is 0 Å². The Kier molecular flexibility index (Phi) is 2.96. The highest BCUT2D eigenvalue weighted by atomic mass is 15.2. The molecule has 3 nitrogen and oxygen atoms in total. The number of anilines is 1. The fourth-order valence-electron chi connectivity index (χ4n) is 1.82. The molecule has 0 amide bonds. The molecule has 0 unspecified atom stereocenters. The molecule has 0 aromatic carbocycles. The summed E-state index contributed by atoms with van der Waals surface area (Å²) in [4.78, 5) is 11.0. The second-order valence-electron chi connectivity index (χ2n) is 3.96. The van der Waals surface area contributed by atoms with Gasteiger partial charge in [-0.05, 0) is 25.3 Å². The van der Waals surface area contributed by atoms with Crippen LogP contribution >= 0.6 is 0 Å². The zero-order valence-corrected chi connectivity index (χ0v) is 8.74. The van der Waals surface area contributed by atoms with Crippen LogP contribution in [0.15, 0.2) is 12.4 Å². The fraction of sp³-hybridized carbons (Fsp3) is 0.636. The lowest BCUT2D eigenvalue weighted by Crippen LogP contribution is -2.25. The summed E-state index contributed by atoms with van der Waals surface area (Å²) < 4.78 is 0. The van der Waals surface area contributed by atoms with Crippen molar-refractivity contribution in [3.8, 4) is 0 Å². The lowest BCUT2D eigenvalue weighted by molar-refractivity contribution is 0.726. The number of aryl methyl sites for hydroxylation is 1. The van der Waals surface area contributed by atoms with E-state index in [0.717, 1.165) is 24.6 Å². The Morgan fingerprint density at radius 2 is 1.57 bits per heavy atom. The summed E-state index contributed by atoms with van der Waals surface area (Å²) in [5.74, 6) is 0.900. The van der Waals surface area contributed by atoms with Gasteiger partial charge in [0.2, 0.25) is 5.95 Å². The van der Waals surface area contributed by atoms with Crippen molar-refractivity contribution in [2.24, 2.45) is 0 Å². The maximum Gasteiger partial charge on any atom is 0.225 e. The lowest BCUT2D eigenvalue weighted by atomic mass is 10.2. The summed E-state index contributed by atoms with van der Waals surface area (Å²) in [6.07, 6.45) is 9.04. The second-order valence-corrected chi connectivity index (χ2v) is 3.96. The van der Waals surface area contributed by atoms with Gasteiger partial charge in [0.25, 0.3) is 0 Å². The van der Waals surface area contributed by atoms with E-state index in [9.17, 15) is 0 Å². The van der Waals surface area contributed by atoms with Crippen LogP contribution in [0.3, 0.4) is 0 Å². The Balaban J connectivity index is 2.08. The molecular weight excluding hydrogens is 174 g/mol. The monoisotopic (exact) mass is 191 g/mol. The van der Waals surface area contributed by atoms with Crippen LogP contribution in [0.1, 0.15) is 31.2 Å². The molecule has 2 rings (SSSR count). The predicted molar refractivity (Wildman–Crippen MR) is 57.5 cm³/mol. The van der Waals surface area contributed by atoms with Crippen LogP contribution in [-0.4, -0.2) is 23.1 Å². The fourth-order valence-corrected chi connectivity index (χ4v) is 1.82. The van der Waals surface area contributed by atoms with Crippen LogP contribution in [0.25, 0.3) is 0 Å². The minimum absolute atomic E-state index is 0.900. The van der Waals surface area contributed by atoms with Gasteiger partial charge in [-0.2, -0.15) is 0 Å². The summed E-state index contributed by atoms with van der Waals surface area (Å²) in [5, 5.41) is 0. The smallest absolute Gasteiger partial charge is 0.225 e. The van der Waals surface area contributed by atoms with Gasteiger partial charge < -0.3 is 4.90 Å². The summed E-state index contributed by atoms with van der Waals surface area (Å²) in [7, 11) is 0. The van der Waals surface area contributed by atoms with E-state index in [4.69, 9.17) is 0 Å². The molecule has 1 aliphatic heterocycles. The average molecular weight is 191 g/mol. The summed E-state index contributed by atoms with van der Waals surface area (Å²) >= 11 is 0. The number of hydrogen-bond acceptors (Lipinski definition) is 3. The van der Waals surface area contributed by atoms with Crippen LogP contribution in [0.5, 0.6) is 0 Å². The zero-order chi connectivity index (χ0) is 9.80. The first-order chi connectivity index (χ1) is 6.86. The van der Waals surface area contributed by atoms with Gasteiger partial charge in [-0.25, -0.2) is 9.97 Å². The Bertz CT molecular complexity index is 273. The Labute approximate surface area is 85.2 Å². The van der Waals surface area contributed by atoms with E-state index < -0.39 is 0 Å². The Morgan fingerprint density at radius 1 is 1.00 bits per heavy atom. The molecule has 0 saturated carbocycles. The minimum atomic E-state index is 0.900. The van der Waals surface area contributed by atoms with E-state index in [1.54, 1.807) is 0 Å². The molecule has 1 aliphatic rings. The highest BCUT2D eigenvalue weighted by Crippen LogP contribution is 2.14. The van der Waals surface area contributed by atoms with E-state index >= 15 is 0 Å². The van der Waals surface area contributed by atoms with E-state index in [-0.39, 0.29) is 0 Å². The molecular formula is C11H17N3. The van der Waals surface area contributed by atoms with Gasteiger partial charge in [0.1, 0.15) is 0 Å². The van der Waals surface area contributed by atoms with Gasteiger partial charge in [-0.1, -0.05) is 12.8 Å². The first kappa shape index (κ1) is 9.44. The number of rotatable bonds is 1. The maximum atomic E-state index is 4.36. The molecule has 0 atom stereocenters. The average Bonchev–Trinajstić information content (AvgIpc) is 2.47. The largest absolute Gasteiger partial charge is 0.341 e. The molecule has 0 spiro atoms. The third-order valence-electron chi connectivity index (χ3n) is 2.66. The minimum Gasteiger partial charge on any atom is -0.341 e. The van der Waals surface area contributed by atoms with Crippen LogP contribution in [0.2, 0.25) is 0 Å². The Hall–Kier alpha value is -1.12. The van der Waals surface area contributed by atoms with Crippen LogP contribution in [0.4, 0.5) is 5.95 Å². The van der Waals surface area contributed by atoms with E-state index in [0.29, 0.717) is 0 Å². The number of hydrogen-bond donors (Lipinski definition) is 0. The van der Waals surface area contributed by atoms with Crippen molar-refractivity contribution in [1.29, 1.82) is 0 Å². The van der Waals surface area contributed by atoms with Crippen LogP contribution in [-0.2, 0) is 0 Å². The van der Waals surface area contributed by atoms with E-state index in [1.807, 2.05) is 19.3 Å². The molecule has 14 heavy (non-hydrogen) atoms. The highest BCUT2D eigenvalue weighted by molar-refractivity contribution is 5.29. The van der Waals surface area contributed by atoms with Gasteiger partial charge in [0.05, 0.1) is 0 Å². The van der Waals surface area contributed by atoms with Crippen molar-refractivity contribution in [2.45, 2.75) is 32.6 Å². The topological polar surface area (TPSA) is 29.0 Å². The quantitative estimate of drug-likeness (QED) is 0.681. The maximum absolute atomic E-state index is 4.36. The SMILES string of the molecule is Cc1cnc(N2CCCCCC2)nc1. The van der Waals surface area contributed by atoms with Crippen molar-refractivity contribution in [1.82, 2.24) is 9.97 Å². The molecule has 1 aromatic rings. The van der Waals surface area contributed by atoms with Crippen LogP contribution < -0.4 is 4.90 Å². The standard InChI is InChI=1S/C11H17N3/c1-10-8-12-11(13-9-10)14-6-4-2-3-5-7-14/h8-9H,2-7H2,1H3. The van der Waals surface area contributed by atoms with Crippen LogP contribution in [0, 0.1) is 6.92 Å². The number of nitrogens with zero attached hydrogens (tertiary/aromatic N) is 3. The van der Waals surface area contributed by atoms with Crippen molar-refractivity contribution in [2.75, 3.05) is 18.0 Å². The van der Waals surface area contributed by atoms with E-state index in [1.165, 1.54) is 25.7 Å². The zero-order valence-electron chi connectivity index (χ0n) is 8.74. The van der Waals surface area contributed by atoms with Crippen molar-refractivity contribution >= 4 is 5.95 Å². The van der Waals surface area contributed by atoms with Gasteiger partial charge in [-0.3, -0.25) is 0 Å². The molecule has 3 heteroatoms. The summed E-state index contributed by atoms with van der Waals surface area (Å²) in [6.45, 7) is 4.25. The normalized spacial score (nSPS) is 17.9. The molecule has 0 aliphatic carbocycles. The summed E-state index contributed by atoms with van der Waals surface area (Å²) in [6, 6.07) is 0. The molecule has 0 bridgehead atoms. The first-order valence-electron chi connectivity index (χ1n) is 5.40. The molecule has 76 valence electrons. The second kappa shape index (κ2) is 4.40. The number of aromatic nitrogens is 2. The first-order valence-corrected chi connectivity index (χ1v) is 5.40. The Morgan fingerprint density at radius 3 is 2.14 bits per heavy atom. The summed E-state index contributed by atoms with van der Waals surface area (Å²) in [5.41, 5.74) is 1.13. The third kappa shape index (κ3) is 2.22. The third-order valence-corrected chi connectivity index (χ3v) is 2.66. The molecule has 1 saturated heterocycles. The molecule has 2 heterocycles. The van der Waals surface area contributed by atoms with E-state index in [2.05, 4.69) is 14.9 Å². The van der Waals surface area contributed by atoms with Gasteiger partial charge in [-0.15, -0.1) is 0 Å². The molecule has 0 N–H and O–H groups in total. The molecule has 1 fully saturated rings. The lowest BCUT2D eigenvalue weighted by Gasteiger charge is -2.19. The molecule has 1 aromatic heterocycles.